The van der Waals surface area contributed by atoms with Gasteiger partial charge in [0.2, 0.25) is 0 Å². The fraction of sp³-hybridized carbons (Fsp3) is 0.545. The summed E-state index contributed by atoms with van der Waals surface area (Å²) in [7, 11) is 0. The van der Waals surface area contributed by atoms with Crippen LogP contribution in [0.3, 0.4) is 0 Å². The Bertz CT molecular complexity index is 417. The first-order valence-electron chi connectivity index (χ1n) is 5.41. The molecule has 2 N–H and O–H groups in total. The molecule has 0 bridgehead atoms. The summed E-state index contributed by atoms with van der Waals surface area (Å²) in [5.74, 6) is -1.47. The first-order valence-corrected chi connectivity index (χ1v) is 6.29. The number of rotatable bonds is 5. The zero-order valence-electron chi connectivity index (χ0n) is 10.1. The number of carboxylic acids is 1. The lowest BCUT2D eigenvalue weighted by Gasteiger charge is -2.19. The SMILES string of the molecule is CCC(C)C(NC(=O)c1scnc1C)C(=O)O. The summed E-state index contributed by atoms with van der Waals surface area (Å²) in [6.07, 6.45) is 0.693. The van der Waals surface area contributed by atoms with Crippen LogP contribution in [0, 0.1) is 12.8 Å². The average Bonchev–Trinajstić information content (AvgIpc) is 2.70. The first kappa shape index (κ1) is 13.6. The van der Waals surface area contributed by atoms with Crippen molar-refractivity contribution >= 4 is 23.2 Å². The van der Waals surface area contributed by atoms with Crippen molar-refractivity contribution < 1.29 is 14.7 Å². The Morgan fingerprint density at radius 3 is 2.65 bits per heavy atom. The summed E-state index contributed by atoms with van der Waals surface area (Å²) in [6, 6.07) is -0.853. The van der Waals surface area contributed by atoms with Crippen molar-refractivity contribution in [3.05, 3.63) is 16.1 Å². The van der Waals surface area contributed by atoms with Crippen molar-refractivity contribution in [1.29, 1.82) is 0 Å². The molecule has 1 aromatic heterocycles. The highest BCUT2D eigenvalue weighted by Gasteiger charge is 2.26. The van der Waals surface area contributed by atoms with Crippen LogP contribution < -0.4 is 5.32 Å². The standard InChI is InChI=1S/C11H16N2O3S/c1-4-6(2)8(11(15)16)13-10(14)9-7(3)12-5-17-9/h5-6,8H,4H2,1-3H3,(H,13,14)(H,15,16). The lowest BCUT2D eigenvalue weighted by molar-refractivity contribution is -0.140. The van der Waals surface area contributed by atoms with E-state index >= 15 is 0 Å². The van der Waals surface area contributed by atoms with Crippen LogP contribution in [0.1, 0.15) is 35.6 Å². The summed E-state index contributed by atoms with van der Waals surface area (Å²) < 4.78 is 0. The molecule has 6 heteroatoms. The van der Waals surface area contributed by atoms with Gasteiger partial charge in [-0.25, -0.2) is 9.78 Å². The van der Waals surface area contributed by atoms with Gasteiger partial charge < -0.3 is 10.4 Å². The van der Waals surface area contributed by atoms with E-state index in [1.807, 2.05) is 6.92 Å². The molecule has 94 valence electrons. The van der Waals surface area contributed by atoms with E-state index in [9.17, 15) is 9.59 Å². The Hall–Kier alpha value is -1.43. The number of carbonyl (C=O) groups excluding carboxylic acids is 1. The minimum atomic E-state index is -1.00. The molecule has 0 fully saturated rings. The third kappa shape index (κ3) is 3.26. The molecule has 2 atom stereocenters. The number of carboxylic acid groups (broad SMARTS) is 1. The number of aryl methyl sites for hydroxylation is 1. The Labute approximate surface area is 104 Å². The van der Waals surface area contributed by atoms with Gasteiger partial charge in [0.25, 0.3) is 5.91 Å². The number of aromatic nitrogens is 1. The van der Waals surface area contributed by atoms with Crippen LogP contribution in [0.25, 0.3) is 0 Å². The third-order valence-electron chi connectivity index (χ3n) is 2.72. The minimum absolute atomic E-state index is 0.107. The highest BCUT2D eigenvalue weighted by atomic mass is 32.1. The van der Waals surface area contributed by atoms with Crippen LogP contribution in [0.5, 0.6) is 0 Å². The molecule has 0 aromatic carbocycles. The van der Waals surface area contributed by atoms with Crippen molar-refractivity contribution in [3.8, 4) is 0 Å². The number of thiazole rings is 1. The number of amides is 1. The number of nitrogens with zero attached hydrogens (tertiary/aromatic N) is 1. The lowest BCUT2D eigenvalue weighted by atomic mass is 9.99. The van der Waals surface area contributed by atoms with Crippen LogP contribution >= 0.6 is 11.3 Å². The van der Waals surface area contributed by atoms with Crippen molar-refractivity contribution in [1.82, 2.24) is 10.3 Å². The maximum Gasteiger partial charge on any atom is 0.326 e. The van der Waals surface area contributed by atoms with Crippen molar-refractivity contribution in [3.63, 3.8) is 0 Å². The van der Waals surface area contributed by atoms with Gasteiger partial charge in [-0.3, -0.25) is 4.79 Å². The number of nitrogens with one attached hydrogen (secondary N) is 1. The molecule has 0 aliphatic carbocycles. The zero-order valence-corrected chi connectivity index (χ0v) is 10.9. The largest absolute Gasteiger partial charge is 0.480 e. The molecule has 0 radical (unpaired) electrons. The number of hydrogen-bond donors (Lipinski definition) is 2. The van der Waals surface area contributed by atoms with Crippen LogP contribution in [-0.2, 0) is 4.79 Å². The van der Waals surface area contributed by atoms with E-state index in [2.05, 4.69) is 10.3 Å². The van der Waals surface area contributed by atoms with E-state index < -0.39 is 12.0 Å². The summed E-state index contributed by atoms with van der Waals surface area (Å²) >= 11 is 1.21. The Kier molecular flexibility index (Phi) is 4.62. The van der Waals surface area contributed by atoms with Crippen LogP contribution in [0.4, 0.5) is 0 Å². The van der Waals surface area contributed by atoms with Crippen molar-refractivity contribution in [2.45, 2.75) is 33.2 Å². The zero-order chi connectivity index (χ0) is 13.0. The normalized spacial score (nSPS) is 14.1. The van der Waals surface area contributed by atoms with E-state index in [0.29, 0.717) is 17.0 Å². The van der Waals surface area contributed by atoms with Crippen LogP contribution in [0.15, 0.2) is 5.51 Å². The molecule has 2 unspecified atom stereocenters. The Morgan fingerprint density at radius 2 is 2.24 bits per heavy atom. The minimum Gasteiger partial charge on any atom is -0.480 e. The van der Waals surface area contributed by atoms with E-state index in [0.717, 1.165) is 0 Å². The van der Waals surface area contributed by atoms with Crippen LogP contribution in [0.2, 0.25) is 0 Å². The second-order valence-electron chi connectivity index (χ2n) is 3.94. The number of aliphatic carboxylic acids is 1. The predicted molar refractivity (Wildman–Crippen MR) is 65.2 cm³/mol. The fourth-order valence-corrected chi connectivity index (χ4v) is 2.12. The first-order chi connectivity index (χ1) is 7.97. The maximum absolute atomic E-state index is 11.9. The smallest absolute Gasteiger partial charge is 0.326 e. The molecule has 0 aliphatic rings. The van der Waals surface area contributed by atoms with Gasteiger partial charge in [0, 0.05) is 0 Å². The Morgan fingerprint density at radius 1 is 1.59 bits per heavy atom. The van der Waals surface area contributed by atoms with Gasteiger partial charge in [-0.05, 0) is 12.8 Å². The molecule has 1 heterocycles. The molecule has 0 aliphatic heterocycles. The molecule has 1 aromatic rings. The van der Waals surface area contributed by atoms with Gasteiger partial charge in [-0.1, -0.05) is 20.3 Å². The van der Waals surface area contributed by atoms with Gasteiger partial charge >= 0.3 is 5.97 Å². The molecule has 1 amide bonds. The quantitative estimate of drug-likeness (QED) is 0.840. The van der Waals surface area contributed by atoms with Crippen molar-refractivity contribution in [2.24, 2.45) is 5.92 Å². The highest BCUT2D eigenvalue weighted by Crippen LogP contribution is 2.14. The maximum atomic E-state index is 11.9. The molecule has 5 nitrogen and oxygen atoms in total. The third-order valence-corrected chi connectivity index (χ3v) is 3.64. The fourth-order valence-electron chi connectivity index (χ4n) is 1.41. The monoisotopic (exact) mass is 256 g/mol. The van der Waals surface area contributed by atoms with E-state index in [4.69, 9.17) is 5.11 Å². The van der Waals surface area contributed by atoms with Gasteiger partial charge in [-0.2, -0.15) is 0 Å². The second kappa shape index (κ2) is 5.77. The van der Waals surface area contributed by atoms with E-state index in [-0.39, 0.29) is 11.8 Å². The summed E-state index contributed by atoms with van der Waals surface area (Å²) in [6.45, 7) is 5.42. The molecule has 0 saturated heterocycles. The predicted octanol–water partition coefficient (Wildman–Crippen LogP) is 1.68. The molecule has 0 saturated carbocycles. The van der Waals surface area contributed by atoms with E-state index in [1.54, 1.807) is 19.4 Å². The molecular weight excluding hydrogens is 240 g/mol. The summed E-state index contributed by atoms with van der Waals surface area (Å²) in [5.41, 5.74) is 2.20. The number of hydrogen-bond acceptors (Lipinski definition) is 4. The summed E-state index contributed by atoms with van der Waals surface area (Å²) in [4.78, 5) is 27.4. The summed E-state index contributed by atoms with van der Waals surface area (Å²) in [5, 5.41) is 11.6. The number of carbonyl (C=O) groups is 2. The average molecular weight is 256 g/mol. The van der Waals surface area contributed by atoms with Gasteiger partial charge in [0.05, 0.1) is 11.2 Å². The highest BCUT2D eigenvalue weighted by molar-refractivity contribution is 7.11. The van der Waals surface area contributed by atoms with Gasteiger partial charge in [-0.15, -0.1) is 11.3 Å². The molecule has 0 spiro atoms. The topological polar surface area (TPSA) is 79.3 Å². The van der Waals surface area contributed by atoms with Gasteiger partial charge in [0.15, 0.2) is 0 Å². The molecule has 1 rings (SSSR count). The second-order valence-corrected chi connectivity index (χ2v) is 4.80. The van der Waals surface area contributed by atoms with Crippen LogP contribution in [-0.4, -0.2) is 28.0 Å². The van der Waals surface area contributed by atoms with Gasteiger partial charge in [0.1, 0.15) is 10.9 Å². The molecular formula is C11H16N2O3S. The van der Waals surface area contributed by atoms with Crippen molar-refractivity contribution in [2.75, 3.05) is 0 Å². The molecule has 17 heavy (non-hydrogen) atoms. The Balaban J connectivity index is 2.78. The lowest BCUT2D eigenvalue weighted by Crippen LogP contribution is -2.44. The van der Waals surface area contributed by atoms with E-state index in [1.165, 1.54) is 11.3 Å².